The molecular formula is C17H15N5. The van der Waals surface area contributed by atoms with Gasteiger partial charge in [-0.15, -0.1) is 5.10 Å². The second-order valence-electron chi connectivity index (χ2n) is 5.30. The number of hydrogen-bond donors (Lipinski definition) is 0. The zero-order valence-corrected chi connectivity index (χ0v) is 12.4. The molecule has 0 spiro atoms. The van der Waals surface area contributed by atoms with Gasteiger partial charge in [-0.25, -0.2) is 4.68 Å². The van der Waals surface area contributed by atoms with Crippen LogP contribution in [0, 0.1) is 11.3 Å². The molecule has 0 aliphatic rings. The Morgan fingerprint density at radius 1 is 1.14 bits per heavy atom. The summed E-state index contributed by atoms with van der Waals surface area (Å²) in [7, 11) is 0. The molecule has 0 aliphatic carbocycles. The van der Waals surface area contributed by atoms with Crippen LogP contribution in [0.2, 0.25) is 0 Å². The minimum atomic E-state index is 0.293. The van der Waals surface area contributed by atoms with Gasteiger partial charge in [0.25, 0.3) is 0 Å². The molecule has 5 heteroatoms. The van der Waals surface area contributed by atoms with Gasteiger partial charge in [-0.05, 0) is 35.7 Å². The molecule has 0 fully saturated rings. The number of benzene rings is 1. The highest BCUT2D eigenvalue weighted by atomic mass is 15.4. The van der Waals surface area contributed by atoms with E-state index < -0.39 is 0 Å². The number of nitrogens with zero attached hydrogens (tertiary/aromatic N) is 5. The molecule has 0 aliphatic heterocycles. The van der Waals surface area contributed by atoms with Crippen molar-refractivity contribution >= 4 is 0 Å². The van der Waals surface area contributed by atoms with E-state index in [1.807, 2.05) is 24.3 Å². The van der Waals surface area contributed by atoms with Crippen LogP contribution in [-0.2, 0) is 0 Å². The Morgan fingerprint density at radius 3 is 2.50 bits per heavy atom. The van der Waals surface area contributed by atoms with Crippen molar-refractivity contribution in [2.75, 3.05) is 0 Å². The van der Waals surface area contributed by atoms with Crippen LogP contribution in [0.15, 0.2) is 48.8 Å². The molecule has 0 amide bonds. The molecule has 0 atom stereocenters. The van der Waals surface area contributed by atoms with Crippen LogP contribution in [0.3, 0.4) is 0 Å². The Bertz CT molecular complexity index is 811. The Labute approximate surface area is 128 Å². The zero-order valence-electron chi connectivity index (χ0n) is 12.4. The van der Waals surface area contributed by atoms with Crippen molar-refractivity contribution in [3.63, 3.8) is 0 Å². The Morgan fingerprint density at radius 2 is 1.91 bits per heavy atom. The predicted octanol–water partition coefficient (Wildman–Crippen LogP) is 3.32. The van der Waals surface area contributed by atoms with Crippen molar-refractivity contribution in [1.82, 2.24) is 20.0 Å². The fourth-order valence-corrected chi connectivity index (χ4v) is 2.30. The maximum absolute atomic E-state index is 9.27. The summed E-state index contributed by atoms with van der Waals surface area (Å²) in [5.74, 6) is 0.470. The number of pyridine rings is 1. The van der Waals surface area contributed by atoms with Crippen LogP contribution < -0.4 is 0 Å². The zero-order chi connectivity index (χ0) is 15.5. The molecule has 0 bridgehead atoms. The van der Waals surface area contributed by atoms with Gasteiger partial charge in [-0.2, -0.15) is 5.26 Å². The van der Waals surface area contributed by atoms with Gasteiger partial charge in [0.15, 0.2) is 5.69 Å². The standard InChI is InChI=1S/C17H15N5/c1-12(2)13-5-7-15(8-6-13)22-17(16(10-18)20-21-22)14-4-3-9-19-11-14/h3-9,11-12H,1-2H3. The quantitative estimate of drug-likeness (QED) is 0.741. The Hall–Kier alpha value is -3.00. The van der Waals surface area contributed by atoms with E-state index in [1.165, 1.54) is 5.56 Å². The molecule has 1 aromatic carbocycles. The summed E-state index contributed by atoms with van der Waals surface area (Å²) in [5.41, 5.74) is 3.90. The van der Waals surface area contributed by atoms with Gasteiger partial charge in [-0.1, -0.05) is 31.2 Å². The van der Waals surface area contributed by atoms with E-state index in [4.69, 9.17) is 0 Å². The summed E-state index contributed by atoms with van der Waals surface area (Å²) in [6, 6.07) is 13.9. The number of hydrogen-bond acceptors (Lipinski definition) is 4. The van der Waals surface area contributed by atoms with E-state index in [2.05, 4.69) is 47.3 Å². The van der Waals surface area contributed by atoms with Gasteiger partial charge < -0.3 is 0 Å². The molecule has 0 radical (unpaired) electrons. The highest BCUT2D eigenvalue weighted by Crippen LogP contribution is 2.25. The Balaban J connectivity index is 2.12. The number of rotatable bonds is 3. The molecule has 5 nitrogen and oxygen atoms in total. The predicted molar refractivity (Wildman–Crippen MR) is 83.4 cm³/mol. The second kappa shape index (κ2) is 5.78. The maximum Gasteiger partial charge on any atom is 0.191 e. The highest BCUT2D eigenvalue weighted by molar-refractivity contribution is 5.66. The SMILES string of the molecule is CC(C)c1ccc(-n2nnc(C#N)c2-c2cccnc2)cc1. The van der Waals surface area contributed by atoms with Crippen molar-refractivity contribution in [1.29, 1.82) is 5.26 Å². The fourth-order valence-electron chi connectivity index (χ4n) is 2.30. The van der Waals surface area contributed by atoms with E-state index in [9.17, 15) is 5.26 Å². The highest BCUT2D eigenvalue weighted by Gasteiger charge is 2.16. The summed E-state index contributed by atoms with van der Waals surface area (Å²) < 4.78 is 1.68. The van der Waals surface area contributed by atoms with Crippen LogP contribution in [-0.4, -0.2) is 20.0 Å². The summed E-state index contributed by atoms with van der Waals surface area (Å²) in [4.78, 5) is 4.11. The summed E-state index contributed by atoms with van der Waals surface area (Å²) in [6.07, 6.45) is 3.40. The van der Waals surface area contributed by atoms with Crippen LogP contribution in [0.25, 0.3) is 16.9 Å². The van der Waals surface area contributed by atoms with Crippen LogP contribution in [0.1, 0.15) is 31.0 Å². The van der Waals surface area contributed by atoms with E-state index in [0.717, 1.165) is 11.3 Å². The second-order valence-corrected chi connectivity index (χ2v) is 5.30. The van der Waals surface area contributed by atoms with Crippen molar-refractivity contribution in [2.24, 2.45) is 0 Å². The smallest absolute Gasteiger partial charge is 0.191 e. The topological polar surface area (TPSA) is 67.4 Å². The molecule has 0 saturated carbocycles. The third-order valence-electron chi connectivity index (χ3n) is 3.52. The summed E-state index contributed by atoms with van der Waals surface area (Å²) in [6.45, 7) is 4.30. The normalized spacial score (nSPS) is 10.6. The molecule has 3 aromatic rings. The molecular weight excluding hydrogens is 274 g/mol. The molecule has 22 heavy (non-hydrogen) atoms. The van der Waals surface area contributed by atoms with Crippen molar-refractivity contribution in [3.8, 4) is 23.0 Å². The van der Waals surface area contributed by atoms with E-state index in [0.29, 0.717) is 17.3 Å². The fraction of sp³-hybridized carbons (Fsp3) is 0.176. The first-order valence-electron chi connectivity index (χ1n) is 7.07. The average Bonchev–Trinajstić information content (AvgIpc) is 2.99. The van der Waals surface area contributed by atoms with E-state index in [1.54, 1.807) is 17.1 Å². The molecule has 0 saturated heterocycles. The Kier molecular flexibility index (Phi) is 3.67. The van der Waals surface area contributed by atoms with Crippen LogP contribution in [0.5, 0.6) is 0 Å². The maximum atomic E-state index is 9.27. The van der Waals surface area contributed by atoms with Crippen molar-refractivity contribution < 1.29 is 0 Å². The lowest BCUT2D eigenvalue weighted by atomic mass is 10.0. The molecule has 2 heterocycles. The first-order valence-corrected chi connectivity index (χ1v) is 7.07. The molecule has 3 rings (SSSR count). The lowest BCUT2D eigenvalue weighted by molar-refractivity contribution is 0.803. The van der Waals surface area contributed by atoms with Gasteiger partial charge in [0, 0.05) is 18.0 Å². The lowest BCUT2D eigenvalue weighted by Gasteiger charge is -2.09. The summed E-state index contributed by atoms with van der Waals surface area (Å²) in [5, 5.41) is 17.4. The molecule has 0 N–H and O–H groups in total. The monoisotopic (exact) mass is 289 g/mol. The van der Waals surface area contributed by atoms with Gasteiger partial charge in [0.2, 0.25) is 0 Å². The molecule has 108 valence electrons. The average molecular weight is 289 g/mol. The molecule has 2 aromatic heterocycles. The lowest BCUT2D eigenvalue weighted by Crippen LogP contribution is -2.00. The van der Waals surface area contributed by atoms with Crippen LogP contribution in [0.4, 0.5) is 0 Å². The van der Waals surface area contributed by atoms with Gasteiger partial charge >= 0.3 is 0 Å². The van der Waals surface area contributed by atoms with Crippen molar-refractivity contribution in [2.45, 2.75) is 19.8 Å². The van der Waals surface area contributed by atoms with E-state index in [-0.39, 0.29) is 0 Å². The van der Waals surface area contributed by atoms with Gasteiger partial charge in [0.05, 0.1) is 5.69 Å². The van der Waals surface area contributed by atoms with E-state index >= 15 is 0 Å². The molecule has 0 unspecified atom stereocenters. The van der Waals surface area contributed by atoms with Crippen molar-refractivity contribution in [3.05, 3.63) is 60.0 Å². The number of aromatic nitrogens is 4. The number of nitriles is 1. The minimum absolute atomic E-state index is 0.293. The van der Waals surface area contributed by atoms with Gasteiger partial charge in [-0.3, -0.25) is 4.98 Å². The third-order valence-corrected chi connectivity index (χ3v) is 3.52. The van der Waals surface area contributed by atoms with Crippen LogP contribution >= 0.6 is 0 Å². The van der Waals surface area contributed by atoms with Gasteiger partial charge in [0.1, 0.15) is 11.8 Å². The summed E-state index contributed by atoms with van der Waals surface area (Å²) >= 11 is 0. The first kappa shape index (κ1) is 14.0. The third kappa shape index (κ3) is 2.47. The largest absolute Gasteiger partial charge is 0.264 e. The first-order chi connectivity index (χ1) is 10.7. The minimum Gasteiger partial charge on any atom is -0.264 e.